The Morgan fingerprint density at radius 2 is 1.81 bits per heavy atom. The van der Waals surface area contributed by atoms with Gasteiger partial charge in [0.05, 0.1) is 15.5 Å². The Kier molecular flexibility index (Phi) is 5.52. The number of nitrogens with zero attached hydrogens (tertiary/aromatic N) is 1. The van der Waals surface area contributed by atoms with Crippen molar-refractivity contribution in [2.24, 2.45) is 0 Å². The van der Waals surface area contributed by atoms with Gasteiger partial charge < -0.3 is 11.1 Å². The number of amides is 1. The molecule has 1 amide bonds. The van der Waals surface area contributed by atoms with E-state index >= 15 is 0 Å². The third kappa shape index (κ3) is 4.08. The summed E-state index contributed by atoms with van der Waals surface area (Å²) in [5, 5.41) is 13.4. The molecular weight excluding hydrogens is 317 g/mol. The van der Waals surface area contributed by atoms with Gasteiger partial charge in [-0.2, -0.15) is 0 Å². The molecule has 2 aromatic carbocycles. The number of nitrogen functional groups attached to an aromatic ring is 1. The van der Waals surface area contributed by atoms with Crippen LogP contribution in [-0.4, -0.2) is 10.8 Å². The van der Waals surface area contributed by atoms with Gasteiger partial charge >= 0.3 is 0 Å². The van der Waals surface area contributed by atoms with Gasteiger partial charge in [-0.15, -0.1) is 12.4 Å². The van der Waals surface area contributed by atoms with E-state index in [4.69, 9.17) is 17.3 Å². The summed E-state index contributed by atoms with van der Waals surface area (Å²) in [5.41, 5.74) is 6.47. The average molecular weight is 328 g/mol. The van der Waals surface area contributed by atoms with E-state index in [1.807, 2.05) is 0 Å². The van der Waals surface area contributed by atoms with Gasteiger partial charge in [-0.3, -0.25) is 14.9 Å². The van der Waals surface area contributed by atoms with Gasteiger partial charge in [-0.25, -0.2) is 0 Å². The average Bonchev–Trinajstić information content (AvgIpc) is 2.41. The molecule has 0 heterocycles. The van der Waals surface area contributed by atoms with Crippen molar-refractivity contribution in [3.63, 3.8) is 0 Å². The predicted molar refractivity (Wildman–Crippen MR) is 84.2 cm³/mol. The molecule has 0 aliphatic rings. The molecular formula is C13H11Cl2N3O3. The summed E-state index contributed by atoms with van der Waals surface area (Å²) in [4.78, 5) is 22.2. The fraction of sp³-hybridized carbons (Fsp3) is 0. The third-order valence-corrected chi connectivity index (χ3v) is 2.90. The van der Waals surface area contributed by atoms with E-state index in [2.05, 4.69) is 5.32 Å². The number of nitro groups is 1. The Morgan fingerprint density at radius 1 is 1.19 bits per heavy atom. The highest BCUT2D eigenvalue weighted by Gasteiger charge is 2.15. The number of nitrogens with two attached hydrogens (primary N) is 1. The van der Waals surface area contributed by atoms with E-state index in [0.717, 1.165) is 6.07 Å². The normalized spacial score (nSPS) is 9.57. The van der Waals surface area contributed by atoms with Crippen molar-refractivity contribution >= 4 is 47.0 Å². The highest BCUT2D eigenvalue weighted by molar-refractivity contribution is 6.34. The SMILES string of the molecule is Cl.Nc1ccc(NC(=O)c2cc([N+](=O)[O-])ccc2Cl)cc1. The van der Waals surface area contributed by atoms with Crippen LogP contribution in [-0.2, 0) is 0 Å². The number of carbonyl (C=O) groups excluding carboxylic acids is 1. The zero-order valence-corrected chi connectivity index (χ0v) is 12.1. The molecule has 3 N–H and O–H groups in total. The summed E-state index contributed by atoms with van der Waals surface area (Å²) in [5.74, 6) is -0.525. The quantitative estimate of drug-likeness (QED) is 0.512. The van der Waals surface area contributed by atoms with Crippen LogP contribution in [0.2, 0.25) is 5.02 Å². The summed E-state index contributed by atoms with van der Waals surface area (Å²) in [6.45, 7) is 0. The molecule has 0 spiro atoms. The molecule has 0 aromatic heterocycles. The van der Waals surface area contributed by atoms with E-state index in [1.165, 1.54) is 12.1 Å². The van der Waals surface area contributed by atoms with E-state index in [-0.39, 0.29) is 28.7 Å². The van der Waals surface area contributed by atoms with E-state index < -0.39 is 10.8 Å². The van der Waals surface area contributed by atoms with Gasteiger partial charge in [0.15, 0.2) is 0 Å². The Balaban J connectivity index is 0.00000220. The minimum absolute atomic E-state index is 0. The van der Waals surface area contributed by atoms with Crippen molar-refractivity contribution in [1.29, 1.82) is 0 Å². The summed E-state index contributed by atoms with van der Waals surface area (Å²) in [7, 11) is 0. The Hall–Kier alpha value is -2.31. The molecule has 0 fully saturated rings. The molecule has 0 saturated carbocycles. The van der Waals surface area contributed by atoms with Crippen LogP contribution in [0.1, 0.15) is 10.4 Å². The predicted octanol–water partition coefficient (Wildman–Crippen LogP) is 3.50. The first-order valence-electron chi connectivity index (χ1n) is 5.58. The molecule has 110 valence electrons. The molecule has 21 heavy (non-hydrogen) atoms. The van der Waals surface area contributed by atoms with Crippen LogP contribution in [0, 0.1) is 10.1 Å². The highest BCUT2D eigenvalue weighted by atomic mass is 35.5. The maximum absolute atomic E-state index is 12.0. The number of rotatable bonds is 3. The Bertz CT molecular complexity index is 675. The van der Waals surface area contributed by atoms with Crippen molar-refractivity contribution < 1.29 is 9.72 Å². The fourth-order valence-electron chi connectivity index (χ4n) is 1.57. The largest absolute Gasteiger partial charge is 0.399 e. The van der Waals surface area contributed by atoms with Crippen LogP contribution in [0.15, 0.2) is 42.5 Å². The number of halogens is 2. The molecule has 0 radical (unpaired) electrons. The van der Waals surface area contributed by atoms with Gasteiger partial charge in [0, 0.05) is 23.5 Å². The highest BCUT2D eigenvalue weighted by Crippen LogP contribution is 2.23. The van der Waals surface area contributed by atoms with Gasteiger partial charge in [0.2, 0.25) is 0 Å². The minimum atomic E-state index is -0.587. The van der Waals surface area contributed by atoms with E-state index in [0.29, 0.717) is 11.4 Å². The summed E-state index contributed by atoms with van der Waals surface area (Å²) >= 11 is 5.88. The number of non-ortho nitro benzene ring substituents is 1. The number of nitrogens with one attached hydrogen (secondary N) is 1. The zero-order chi connectivity index (χ0) is 14.7. The molecule has 2 aromatic rings. The van der Waals surface area contributed by atoms with Crippen LogP contribution in [0.5, 0.6) is 0 Å². The molecule has 0 aliphatic carbocycles. The van der Waals surface area contributed by atoms with Crippen molar-refractivity contribution in [3.8, 4) is 0 Å². The maximum atomic E-state index is 12.0. The smallest absolute Gasteiger partial charge is 0.270 e. The standard InChI is InChI=1S/C13H10ClN3O3.ClH/c14-12-6-5-10(17(19)20)7-11(12)13(18)16-9-3-1-8(15)2-4-9;/h1-7H,15H2,(H,16,18);1H. The second kappa shape index (κ2) is 6.92. The number of hydrogen-bond donors (Lipinski definition) is 2. The number of carbonyl (C=O) groups is 1. The van der Waals surface area contributed by atoms with Crippen LogP contribution in [0.4, 0.5) is 17.1 Å². The third-order valence-electron chi connectivity index (χ3n) is 2.57. The number of hydrogen-bond acceptors (Lipinski definition) is 4. The van der Waals surface area contributed by atoms with Crippen molar-refractivity contribution in [3.05, 3.63) is 63.2 Å². The van der Waals surface area contributed by atoms with Crippen molar-refractivity contribution in [2.45, 2.75) is 0 Å². The lowest BCUT2D eigenvalue weighted by molar-refractivity contribution is -0.384. The number of nitro benzene ring substituents is 1. The molecule has 8 heteroatoms. The number of anilines is 2. The second-order valence-corrected chi connectivity index (χ2v) is 4.40. The lowest BCUT2D eigenvalue weighted by Crippen LogP contribution is -2.12. The first kappa shape index (κ1) is 16.7. The van der Waals surface area contributed by atoms with Crippen LogP contribution < -0.4 is 11.1 Å². The van der Waals surface area contributed by atoms with Gasteiger partial charge in [-0.1, -0.05) is 11.6 Å². The van der Waals surface area contributed by atoms with Gasteiger partial charge in [-0.05, 0) is 30.3 Å². The van der Waals surface area contributed by atoms with Gasteiger partial charge in [0.1, 0.15) is 0 Å². The first-order chi connectivity index (χ1) is 9.47. The lowest BCUT2D eigenvalue weighted by Gasteiger charge is -2.07. The van der Waals surface area contributed by atoms with Gasteiger partial charge in [0.25, 0.3) is 11.6 Å². The zero-order valence-electron chi connectivity index (χ0n) is 10.6. The first-order valence-corrected chi connectivity index (χ1v) is 5.96. The van der Waals surface area contributed by atoms with Crippen molar-refractivity contribution in [1.82, 2.24) is 0 Å². The monoisotopic (exact) mass is 327 g/mol. The van der Waals surface area contributed by atoms with Crippen molar-refractivity contribution in [2.75, 3.05) is 11.1 Å². The Morgan fingerprint density at radius 3 is 2.38 bits per heavy atom. The lowest BCUT2D eigenvalue weighted by atomic mass is 10.2. The fourth-order valence-corrected chi connectivity index (χ4v) is 1.77. The van der Waals surface area contributed by atoms with E-state index in [1.54, 1.807) is 24.3 Å². The Labute approximate surface area is 131 Å². The van der Waals surface area contributed by atoms with Crippen LogP contribution in [0.25, 0.3) is 0 Å². The maximum Gasteiger partial charge on any atom is 0.270 e. The molecule has 0 bridgehead atoms. The molecule has 2 rings (SSSR count). The molecule has 0 unspecified atom stereocenters. The number of benzene rings is 2. The molecule has 0 saturated heterocycles. The van der Waals surface area contributed by atoms with E-state index in [9.17, 15) is 14.9 Å². The molecule has 0 atom stereocenters. The minimum Gasteiger partial charge on any atom is -0.399 e. The molecule has 6 nitrogen and oxygen atoms in total. The van der Waals surface area contributed by atoms with Crippen LogP contribution in [0.3, 0.4) is 0 Å². The second-order valence-electron chi connectivity index (χ2n) is 4.00. The summed E-state index contributed by atoms with van der Waals surface area (Å²) < 4.78 is 0. The summed E-state index contributed by atoms with van der Waals surface area (Å²) in [6.07, 6.45) is 0. The van der Waals surface area contributed by atoms with Crippen LogP contribution >= 0.6 is 24.0 Å². The molecule has 0 aliphatic heterocycles. The topological polar surface area (TPSA) is 98.3 Å². The summed E-state index contributed by atoms with van der Waals surface area (Å²) in [6, 6.07) is 10.2.